The number of anilines is 2. The van der Waals surface area contributed by atoms with Gasteiger partial charge in [0.2, 0.25) is 0 Å². The molecular weight excluding hydrogens is 356 g/mol. The summed E-state index contributed by atoms with van der Waals surface area (Å²) >= 11 is 0. The summed E-state index contributed by atoms with van der Waals surface area (Å²) < 4.78 is 1.31. The third-order valence-electron chi connectivity index (χ3n) is 4.85. The van der Waals surface area contributed by atoms with Crippen molar-refractivity contribution in [1.29, 1.82) is 0 Å². The minimum Gasteiger partial charge on any atom is -0.369 e. The molecule has 1 aliphatic rings. The Morgan fingerprint density at radius 2 is 1.93 bits per heavy atom. The van der Waals surface area contributed by atoms with Crippen LogP contribution >= 0.6 is 0 Å². The van der Waals surface area contributed by atoms with Crippen molar-refractivity contribution in [3.05, 3.63) is 58.6 Å². The Bertz CT molecular complexity index is 1070. The highest BCUT2D eigenvalue weighted by Crippen LogP contribution is 2.19. The molecule has 2 aromatic heterocycles. The Hall–Kier alpha value is -3.26. The number of carbonyl (C=O) groups is 1. The Kier molecular flexibility index (Phi) is 5.03. The Labute approximate surface area is 162 Å². The van der Waals surface area contributed by atoms with Crippen molar-refractivity contribution < 1.29 is 4.79 Å². The van der Waals surface area contributed by atoms with Gasteiger partial charge >= 0.3 is 0 Å². The number of hydrogen-bond acceptors (Lipinski definition) is 6. The highest BCUT2D eigenvalue weighted by Gasteiger charge is 2.17. The van der Waals surface area contributed by atoms with Crippen molar-refractivity contribution in [3.63, 3.8) is 0 Å². The Balaban J connectivity index is 1.66. The van der Waals surface area contributed by atoms with Crippen molar-refractivity contribution in [2.24, 2.45) is 0 Å². The van der Waals surface area contributed by atoms with Crippen LogP contribution in [0.4, 0.5) is 11.5 Å². The van der Waals surface area contributed by atoms with Gasteiger partial charge in [-0.3, -0.25) is 9.59 Å². The van der Waals surface area contributed by atoms with E-state index in [0.717, 1.165) is 31.9 Å². The van der Waals surface area contributed by atoms with Crippen LogP contribution in [0, 0.1) is 0 Å². The molecule has 8 heteroatoms. The van der Waals surface area contributed by atoms with Crippen LogP contribution in [-0.2, 0) is 6.54 Å². The van der Waals surface area contributed by atoms with Crippen molar-refractivity contribution >= 4 is 28.2 Å². The fourth-order valence-electron chi connectivity index (χ4n) is 3.40. The number of nitrogens with one attached hydrogen (secondary N) is 2. The summed E-state index contributed by atoms with van der Waals surface area (Å²) in [5.41, 5.74) is 1.03. The topological polar surface area (TPSA) is 92.2 Å². The van der Waals surface area contributed by atoms with E-state index in [0.29, 0.717) is 23.1 Å². The zero-order valence-electron chi connectivity index (χ0n) is 15.7. The van der Waals surface area contributed by atoms with E-state index < -0.39 is 0 Å². The smallest absolute Gasteiger partial charge is 0.277 e. The number of fused-ring (bicyclic) bond motifs is 1. The molecule has 4 rings (SSSR count). The predicted molar refractivity (Wildman–Crippen MR) is 109 cm³/mol. The molecule has 1 saturated heterocycles. The van der Waals surface area contributed by atoms with Crippen LogP contribution in [0.2, 0.25) is 0 Å². The summed E-state index contributed by atoms with van der Waals surface area (Å²) in [5, 5.41) is 11.4. The Morgan fingerprint density at radius 1 is 1.18 bits per heavy atom. The summed E-state index contributed by atoms with van der Waals surface area (Å²) in [5.74, 6) is 0.0736. The molecule has 0 spiro atoms. The number of nitrogens with zero attached hydrogens (tertiary/aromatic N) is 4. The molecule has 3 aromatic rings. The Morgan fingerprint density at radius 3 is 2.68 bits per heavy atom. The number of amides is 1. The average Bonchev–Trinajstić information content (AvgIpc) is 2.75. The molecule has 1 fully saturated rings. The average molecular weight is 378 g/mol. The van der Waals surface area contributed by atoms with E-state index in [2.05, 4.69) is 25.6 Å². The zero-order chi connectivity index (χ0) is 19.5. The highest BCUT2D eigenvalue weighted by molar-refractivity contribution is 6.10. The molecule has 0 saturated carbocycles. The van der Waals surface area contributed by atoms with Crippen LogP contribution in [0.5, 0.6) is 0 Å². The summed E-state index contributed by atoms with van der Waals surface area (Å²) in [6.45, 7) is 5.89. The zero-order valence-corrected chi connectivity index (χ0v) is 15.7. The lowest BCUT2D eigenvalue weighted by Gasteiger charge is -2.29. The fourth-order valence-corrected chi connectivity index (χ4v) is 3.40. The van der Waals surface area contributed by atoms with Crippen LogP contribution < -0.4 is 21.1 Å². The van der Waals surface area contributed by atoms with Crippen LogP contribution in [0.3, 0.4) is 0 Å². The van der Waals surface area contributed by atoms with Crippen LogP contribution in [0.1, 0.15) is 17.4 Å². The molecule has 1 amide bonds. The van der Waals surface area contributed by atoms with E-state index in [1.165, 1.54) is 4.68 Å². The van der Waals surface area contributed by atoms with Gasteiger partial charge in [-0.2, -0.15) is 5.10 Å². The second-order valence-corrected chi connectivity index (χ2v) is 6.61. The lowest BCUT2D eigenvalue weighted by atomic mass is 10.1. The quantitative estimate of drug-likeness (QED) is 0.714. The molecule has 1 aromatic carbocycles. The normalized spacial score (nSPS) is 14.2. The van der Waals surface area contributed by atoms with Gasteiger partial charge in [-0.05, 0) is 19.1 Å². The van der Waals surface area contributed by atoms with E-state index in [-0.39, 0.29) is 17.2 Å². The second kappa shape index (κ2) is 7.77. The first-order chi connectivity index (χ1) is 13.7. The summed E-state index contributed by atoms with van der Waals surface area (Å²) in [4.78, 5) is 31.9. The van der Waals surface area contributed by atoms with E-state index in [1.54, 1.807) is 30.5 Å². The number of aryl methyl sites for hydroxylation is 1. The molecule has 0 unspecified atom stereocenters. The van der Waals surface area contributed by atoms with Gasteiger partial charge in [0.25, 0.3) is 11.5 Å². The number of piperazine rings is 1. The van der Waals surface area contributed by atoms with Gasteiger partial charge in [-0.25, -0.2) is 9.67 Å². The largest absolute Gasteiger partial charge is 0.369 e. The van der Waals surface area contributed by atoms with Gasteiger partial charge in [-0.1, -0.05) is 18.2 Å². The molecule has 0 aliphatic carbocycles. The molecular formula is C20H22N6O2. The van der Waals surface area contributed by atoms with Gasteiger partial charge < -0.3 is 15.5 Å². The van der Waals surface area contributed by atoms with Crippen LogP contribution in [0.25, 0.3) is 10.8 Å². The van der Waals surface area contributed by atoms with Gasteiger partial charge in [0.1, 0.15) is 5.82 Å². The SMILES string of the molecule is CCn1nc(C(=O)Nc2cc(N3CCNCC3)ccn2)c2ccccc2c1=O. The molecule has 2 N–H and O–H groups in total. The van der Waals surface area contributed by atoms with Crippen molar-refractivity contribution in [2.75, 3.05) is 36.4 Å². The van der Waals surface area contributed by atoms with E-state index in [4.69, 9.17) is 0 Å². The van der Waals surface area contributed by atoms with Crippen LogP contribution in [-0.4, -0.2) is 46.9 Å². The molecule has 144 valence electrons. The molecule has 0 bridgehead atoms. The van der Waals surface area contributed by atoms with Crippen molar-refractivity contribution in [3.8, 4) is 0 Å². The van der Waals surface area contributed by atoms with Crippen LogP contribution in [0.15, 0.2) is 47.4 Å². The number of pyridine rings is 1. The molecule has 1 aliphatic heterocycles. The first-order valence-electron chi connectivity index (χ1n) is 9.40. The minimum atomic E-state index is -0.386. The number of hydrogen-bond donors (Lipinski definition) is 2. The van der Waals surface area contributed by atoms with Crippen molar-refractivity contribution in [2.45, 2.75) is 13.5 Å². The standard InChI is InChI=1S/C20H22N6O2/c1-2-26-20(28)16-6-4-3-5-15(16)18(24-26)19(27)23-17-13-14(7-8-22-17)25-11-9-21-10-12-25/h3-8,13,21H,2,9-12H2,1H3,(H,22,23,27). The molecule has 3 heterocycles. The molecule has 0 atom stereocenters. The van der Waals surface area contributed by atoms with E-state index in [9.17, 15) is 9.59 Å². The first kappa shape index (κ1) is 18.1. The van der Waals surface area contributed by atoms with E-state index >= 15 is 0 Å². The number of benzene rings is 1. The molecule has 8 nitrogen and oxygen atoms in total. The lowest BCUT2D eigenvalue weighted by molar-refractivity contribution is 0.102. The maximum absolute atomic E-state index is 12.9. The molecule has 0 radical (unpaired) electrons. The third-order valence-corrected chi connectivity index (χ3v) is 4.85. The van der Waals surface area contributed by atoms with Gasteiger partial charge in [0, 0.05) is 56.1 Å². The van der Waals surface area contributed by atoms with E-state index in [1.807, 2.05) is 19.1 Å². The van der Waals surface area contributed by atoms with Gasteiger partial charge in [-0.15, -0.1) is 0 Å². The number of carbonyl (C=O) groups excluding carboxylic acids is 1. The fraction of sp³-hybridized carbons (Fsp3) is 0.300. The predicted octanol–water partition coefficient (Wildman–Crippen LogP) is 1.47. The minimum absolute atomic E-state index is 0.200. The highest BCUT2D eigenvalue weighted by atomic mass is 16.2. The van der Waals surface area contributed by atoms with Crippen molar-refractivity contribution in [1.82, 2.24) is 20.1 Å². The van der Waals surface area contributed by atoms with Gasteiger partial charge in [0.15, 0.2) is 5.69 Å². The maximum atomic E-state index is 12.9. The maximum Gasteiger partial charge on any atom is 0.277 e. The van der Waals surface area contributed by atoms with Gasteiger partial charge in [0.05, 0.1) is 5.39 Å². The summed E-state index contributed by atoms with van der Waals surface area (Å²) in [6, 6.07) is 10.8. The summed E-state index contributed by atoms with van der Waals surface area (Å²) in [6.07, 6.45) is 1.69. The monoisotopic (exact) mass is 378 g/mol. The second-order valence-electron chi connectivity index (χ2n) is 6.61. The summed E-state index contributed by atoms with van der Waals surface area (Å²) in [7, 11) is 0. The lowest BCUT2D eigenvalue weighted by Crippen LogP contribution is -2.43. The number of rotatable bonds is 4. The third kappa shape index (κ3) is 3.46. The molecule has 28 heavy (non-hydrogen) atoms. The number of aromatic nitrogens is 3. The first-order valence-corrected chi connectivity index (χ1v) is 9.40.